The van der Waals surface area contributed by atoms with Gasteiger partial charge in [0.05, 0.1) is 6.04 Å². The second-order valence-electron chi connectivity index (χ2n) is 4.89. The Hall–Kier alpha value is -1.46. The van der Waals surface area contributed by atoms with E-state index in [1.165, 1.54) is 0 Å². The molecule has 0 aliphatic carbocycles. The minimum absolute atomic E-state index is 0.00317. The number of nitrogens with two attached hydrogens (primary N) is 1. The van der Waals surface area contributed by atoms with Crippen LogP contribution in [0.5, 0.6) is 0 Å². The van der Waals surface area contributed by atoms with E-state index in [1.54, 1.807) is 20.8 Å². The second kappa shape index (κ2) is 5.58. The molecule has 0 spiro atoms. The maximum atomic E-state index is 11.5. The Balaban J connectivity index is 4.48. The summed E-state index contributed by atoms with van der Waals surface area (Å²) in [7, 11) is 0. The number of amidine groups is 1. The number of carbonyl (C=O) groups is 1. The molecule has 0 radical (unpaired) electrons. The maximum absolute atomic E-state index is 11.5. The first kappa shape index (κ1) is 14.5. The van der Waals surface area contributed by atoms with Crippen molar-refractivity contribution < 1.29 is 14.7 Å². The fraction of sp³-hybridized carbons (Fsp3) is 0.800. The van der Waals surface area contributed by atoms with Gasteiger partial charge >= 0.3 is 6.09 Å². The van der Waals surface area contributed by atoms with Gasteiger partial charge in [0, 0.05) is 0 Å². The number of nitrogens with zero attached hydrogens (tertiary/aromatic N) is 1. The molecule has 0 aliphatic heterocycles. The van der Waals surface area contributed by atoms with Crippen molar-refractivity contribution in [2.75, 3.05) is 0 Å². The molecule has 6 heteroatoms. The topological polar surface area (TPSA) is 96.9 Å². The second-order valence-corrected chi connectivity index (χ2v) is 4.89. The van der Waals surface area contributed by atoms with Gasteiger partial charge in [-0.15, -0.1) is 0 Å². The number of rotatable bonds is 3. The van der Waals surface area contributed by atoms with Crippen molar-refractivity contribution in [3.05, 3.63) is 0 Å². The van der Waals surface area contributed by atoms with E-state index < -0.39 is 17.7 Å². The number of amides is 1. The van der Waals surface area contributed by atoms with Gasteiger partial charge in [-0.3, -0.25) is 0 Å². The summed E-state index contributed by atoms with van der Waals surface area (Å²) in [6.45, 7) is 8.99. The van der Waals surface area contributed by atoms with Crippen LogP contribution in [0.1, 0.15) is 34.6 Å². The van der Waals surface area contributed by atoms with Gasteiger partial charge in [0.15, 0.2) is 5.84 Å². The molecular weight excluding hydrogens is 210 g/mol. The molecule has 6 nitrogen and oxygen atoms in total. The lowest BCUT2D eigenvalue weighted by Gasteiger charge is -2.24. The van der Waals surface area contributed by atoms with E-state index in [0.717, 1.165) is 0 Å². The molecule has 0 unspecified atom stereocenters. The number of nitrogens with one attached hydrogen (secondary N) is 1. The molecule has 0 fully saturated rings. The number of hydrogen-bond acceptors (Lipinski definition) is 4. The largest absolute Gasteiger partial charge is 0.444 e. The van der Waals surface area contributed by atoms with Crippen molar-refractivity contribution in [1.82, 2.24) is 5.32 Å². The van der Waals surface area contributed by atoms with Crippen LogP contribution >= 0.6 is 0 Å². The van der Waals surface area contributed by atoms with Crippen LogP contribution < -0.4 is 11.1 Å². The van der Waals surface area contributed by atoms with E-state index >= 15 is 0 Å². The molecule has 0 bridgehead atoms. The Morgan fingerprint density at radius 1 is 1.44 bits per heavy atom. The van der Waals surface area contributed by atoms with Crippen LogP contribution in [0, 0.1) is 5.92 Å². The highest BCUT2D eigenvalue weighted by atomic mass is 16.6. The van der Waals surface area contributed by atoms with Gasteiger partial charge < -0.3 is 21.0 Å². The fourth-order valence-corrected chi connectivity index (χ4v) is 1.08. The third-order valence-electron chi connectivity index (χ3n) is 1.77. The van der Waals surface area contributed by atoms with Crippen molar-refractivity contribution in [1.29, 1.82) is 0 Å². The average Bonchev–Trinajstić information content (AvgIpc) is 2.09. The molecule has 4 N–H and O–H groups in total. The number of alkyl carbamates (subject to hydrolysis) is 1. The summed E-state index contributed by atoms with van der Waals surface area (Å²) in [5.74, 6) is -0.0377. The molecule has 1 atom stereocenters. The normalized spacial score (nSPS) is 14.8. The molecule has 0 aliphatic rings. The van der Waals surface area contributed by atoms with Crippen LogP contribution in [0.4, 0.5) is 4.79 Å². The van der Waals surface area contributed by atoms with Crippen molar-refractivity contribution >= 4 is 11.9 Å². The zero-order valence-corrected chi connectivity index (χ0v) is 10.4. The highest BCUT2D eigenvalue weighted by Gasteiger charge is 2.24. The van der Waals surface area contributed by atoms with Gasteiger partial charge in [-0.2, -0.15) is 0 Å². The van der Waals surface area contributed by atoms with Crippen molar-refractivity contribution in [3.8, 4) is 0 Å². The predicted molar refractivity (Wildman–Crippen MR) is 61.4 cm³/mol. The van der Waals surface area contributed by atoms with Crippen LogP contribution in [-0.4, -0.2) is 28.8 Å². The third kappa shape index (κ3) is 5.43. The minimum Gasteiger partial charge on any atom is -0.444 e. The fourth-order valence-electron chi connectivity index (χ4n) is 1.08. The van der Waals surface area contributed by atoms with Crippen LogP contribution in [-0.2, 0) is 4.74 Å². The van der Waals surface area contributed by atoms with Gasteiger partial charge in [-0.1, -0.05) is 19.0 Å². The molecule has 0 saturated heterocycles. The maximum Gasteiger partial charge on any atom is 0.408 e. The van der Waals surface area contributed by atoms with E-state index in [1.807, 2.05) is 13.8 Å². The molecule has 0 aromatic rings. The first-order valence-corrected chi connectivity index (χ1v) is 5.14. The van der Waals surface area contributed by atoms with Crippen LogP contribution in [0.3, 0.4) is 0 Å². The van der Waals surface area contributed by atoms with Gasteiger partial charge in [-0.25, -0.2) is 4.79 Å². The lowest BCUT2D eigenvalue weighted by Crippen LogP contribution is -2.49. The highest BCUT2D eigenvalue weighted by molar-refractivity contribution is 5.88. The lowest BCUT2D eigenvalue weighted by molar-refractivity contribution is 0.0507. The van der Waals surface area contributed by atoms with Crippen LogP contribution in [0.15, 0.2) is 5.16 Å². The minimum atomic E-state index is -0.585. The van der Waals surface area contributed by atoms with E-state index in [2.05, 4.69) is 10.5 Å². The summed E-state index contributed by atoms with van der Waals surface area (Å²) in [5.41, 5.74) is 4.89. The smallest absolute Gasteiger partial charge is 0.408 e. The Kier molecular flexibility index (Phi) is 5.07. The molecular formula is C10H21N3O3. The Morgan fingerprint density at radius 2 is 1.94 bits per heavy atom. The van der Waals surface area contributed by atoms with Crippen molar-refractivity contribution in [2.24, 2.45) is 16.8 Å². The molecule has 0 rings (SSSR count). The third-order valence-corrected chi connectivity index (χ3v) is 1.77. The predicted octanol–water partition coefficient (Wildman–Crippen LogP) is 1.28. The molecule has 0 saturated carbocycles. The quantitative estimate of drug-likeness (QED) is 0.295. The summed E-state index contributed by atoms with van der Waals surface area (Å²) in [4.78, 5) is 11.5. The first-order valence-electron chi connectivity index (χ1n) is 5.14. The van der Waals surface area contributed by atoms with E-state index in [-0.39, 0.29) is 11.8 Å². The Bertz CT molecular complexity index is 269. The SMILES string of the molecule is CC(C)[C@H](NC(=O)OC(C)(C)C)/C(N)=N\O. The Morgan fingerprint density at radius 3 is 2.25 bits per heavy atom. The highest BCUT2D eigenvalue weighted by Crippen LogP contribution is 2.08. The molecule has 0 aromatic carbocycles. The van der Waals surface area contributed by atoms with E-state index in [0.29, 0.717) is 0 Å². The Labute approximate surface area is 95.8 Å². The molecule has 16 heavy (non-hydrogen) atoms. The van der Waals surface area contributed by atoms with E-state index in [4.69, 9.17) is 15.7 Å². The molecule has 1 amide bonds. The van der Waals surface area contributed by atoms with Gasteiger partial charge in [0.2, 0.25) is 0 Å². The number of oxime groups is 1. The van der Waals surface area contributed by atoms with Crippen LogP contribution in [0.2, 0.25) is 0 Å². The summed E-state index contributed by atoms with van der Waals surface area (Å²) >= 11 is 0. The summed E-state index contributed by atoms with van der Waals surface area (Å²) in [5, 5.41) is 14.0. The van der Waals surface area contributed by atoms with Crippen molar-refractivity contribution in [2.45, 2.75) is 46.3 Å². The zero-order chi connectivity index (χ0) is 12.9. The standard InChI is InChI=1S/C10H21N3O3/c1-6(2)7(8(11)13-15)12-9(14)16-10(3,4)5/h6-7,15H,1-5H3,(H2,11,13)(H,12,14)/t7-/m0/s1. The summed E-state index contributed by atoms with van der Waals surface area (Å²) in [6, 6.07) is -0.542. The molecule has 0 heterocycles. The van der Waals surface area contributed by atoms with Crippen molar-refractivity contribution in [3.63, 3.8) is 0 Å². The molecule has 0 aromatic heterocycles. The first-order chi connectivity index (χ1) is 7.17. The van der Waals surface area contributed by atoms with Gasteiger partial charge in [0.1, 0.15) is 5.60 Å². The summed E-state index contributed by atoms with van der Waals surface area (Å²) in [6.07, 6.45) is -0.585. The zero-order valence-electron chi connectivity index (χ0n) is 10.4. The average molecular weight is 231 g/mol. The number of carbonyl (C=O) groups excluding carboxylic acids is 1. The summed E-state index contributed by atoms with van der Waals surface area (Å²) < 4.78 is 5.07. The lowest BCUT2D eigenvalue weighted by atomic mass is 10.0. The number of hydrogen-bond donors (Lipinski definition) is 3. The monoisotopic (exact) mass is 231 g/mol. The van der Waals surface area contributed by atoms with E-state index in [9.17, 15) is 4.79 Å². The van der Waals surface area contributed by atoms with Crippen LogP contribution in [0.25, 0.3) is 0 Å². The number of ether oxygens (including phenoxy) is 1. The van der Waals surface area contributed by atoms with Gasteiger partial charge in [0.25, 0.3) is 0 Å². The molecule has 94 valence electrons. The van der Waals surface area contributed by atoms with Gasteiger partial charge in [-0.05, 0) is 26.7 Å².